The molecule has 0 aliphatic heterocycles. The molecule has 4 rings (SSSR count). The van der Waals surface area contributed by atoms with Crippen LogP contribution in [0.3, 0.4) is 0 Å². The first-order valence-electron chi connectivity index (χ1n) is 11.3. The first-order valence-corrected chi connectivity index (χ1v) is 11.3. The van der Waals surface area contributed by atoms with Crippen molar-refractivity contribution in [2.75, 3.05) is 0 Å². The number of carbonyl (C=O) groups is 3. The third kappa shape index (κ3) is 3.44. The highest BCUT2D eigenvalue weighted by atomic mass is 16.3. The van der Waals surface area contributed by atoms with Gasteiger partial charge in [-0.15, -0.1) is 0 Å². The van der Waals surface area contributed by atoms with E-state index in [1.54, 1.807) is 6.07 Å². The van der Waals surface area contributed by atoms with E-state index >= 15 is 0 Å². The molecule has 0 saturated heterocycles. The van der Waals surface area contributed by atoms with Gasteiger partial charge < -0.3 is 10.2 Å². The molecule has 5 nitrogen and oxygen atoms in total. The summed E-state index contributed by atoms with van der Waals surface area (Å²) in [6.07, 6.45) is 5.87. The van der Waals surface area contributed by atoms with Crippen molar-refractivity contribution < 1.29 is 24.6 Å². The van der Waals surface area contributed by atoms with Crippen LogP contribution in [0.4, 0.5) is 0 Å². The number of benzene rings is 1. The predicted molar refractivity (Wildman–Crippen MR) is 117 cm³/mol. The fourth-order valence-corrected chi connectivity index (χ4v) is 5.93. The standard InChI is InChI=1S/C26H30O5/c1-4-5-6-7-15-8-9-19(28)23-18(15)12-17-11-16-10-13(2)20(14(3)27)24(29)21(16)25(30)22(17)26(23)31/h8-9,16-17,21,28,30H,4-7,10-12H2,1-3H3/t16-,17-,21+/m1/s1. The second-order valence-electron chi connectivity index (χ2n) is 9.34. The molecule has 2 N–H and O–H groups in total. The fourth-order valence-electron chi connectivity index (χ4n) is 5.93. The summed E-state index contributed by atoms with van der Waals surface area (Å²) >= 11 is 0. The van der Waals surface area contributed by atoms with Crippen LogP contribution in [0.1, 0.15) is 74.4 Å². The predicted octanol–water partition coefficient (Wildman–Crippen LogP) is 4.81. The van der Waals surface area contributed by atoms with Crippen LogP contribution in [0.2, 0.25) is 0 Å². The van der Waals surface area contributed by atoms with Crippen LogP contribution < -0.4 is 0 Å². The molecule has 0 bridgehead atoms. The van der Waals surface area contributed by atoms with Crippen LogP contribution >= 0.6 is 0 Å². The maximum Gasteiger partial charge on any atom is 0.196 e. The van der Waals surface area contributed by atoms with Crippen molar-refractivity contribution >= 4 is 17.3 Å². The summed E-state index contributed by atoms with van der Waals surface area (Å²) < 4.78 is 0. The first-order chi connectivity index (χ1) is 14.8. The number of aromatic hydroxyl groups is 1. The maximum atomic E-state index is 13.5. The van der Waals surface area contributed by atoms with E-state index in [2.05, 4.69) is 6.92 Å². The zero-order valence-corrected chi connectivity index (χ0v) is 18.5. The third-order valence-electron chi connectivity index (χ3n) is 7.27. The number of phenolic OH excluding ortho intramolecular Hbond substituents is 1. The molecule has 3 atom stereocenters. The van der Waals surface area contributed by atoms with Crippen LogP contribution in [-0.2, 0) is 22.4 Å². The molecule has 5 heteroatoms. The Morgan fingerprint density at radius 2 is 1.87 bits per heavy atom. The highest BCUT2D eigenvalue weighted by Gasteiger charge is 2.49. The zero-order chi connectivity index (χ0) is 22.4. The number of ketones is 3. The Balaban J connectivity index is 1.77. The smallest absolute Gasteiger partial charge is 0.196 e. The Hall–Kier alpha value is -2.69. The monoisotopic (exact) mass is 422 g/mol. The molecule has 0 aromatic heterocycles. The minimum Gasteiger partial charge on any atom is -0.511 e. The molecule has 1 aromatic rings. The van der Waals surface area contributed by atoms with E-state index in [0.717, 1.165) is 42.4 Å². The Kier molecular flexibility index (Phi) is 5.63. The van der Waals surface area contributed by atoms with Gasteiger partial charge in [0.15, 0.2) is 17.3 Å². The highest BCUT2D eigenvalue weighted by molar-refractivity contribution is 6.22. The second kappa shape index (κ2) is 8.10. The van der Waals surface area contributed by atoms with Crippen molar-refractivity contribution in [1.82, 2.24) is 0 Å². The summed E-state index contributed by atoms with van der Waals surface area (Å²) in [5.41, 5.74) is 3.44. The summed E-state index contributed by atoms with van der Waals surface area (Å²) in [5, 5.41) is 21.6. The van der Waals surface area contributed by atoms with Crippen LogP contribution in [0.25, 0.3) is 0 Å². The van der Waals surface area contributed by atoms with Crippen LogP contribution in [0.15, 0.2) is 34.6 Å². The molecule has 0 fully saturated rings. The summed E-state index contributed by atoms with van der Waals surface area (Å²) in [4.78, 5) is 38.6. The van der Waals surface area contributed by atoms with E-state index in [1.165, 1.54) is 6.92 Å². The van der Waals surface area contributed by atoms with Crippen molar-refractivity contribution in [3.8, 4) is 5.75 Å². The molecular formula is C26H30O5. The summed E-state index contributed by atoms with van der Waals surface area (Å²) in [6.45, 7) is 5.33. The van der Waals surface area contributed by atoms with Crippen LogP contribution in [0, 0.1) is 17.8 Å². The van der Waals surface area contributed by atoms with E-state index in [-0.39, 0.29) is 57.4 Å². The number of rotatable bonds is 5. The third-order valence-corrected chi connectivity index (χ3v) is 7.27. The minimum absolute atomic E-state index is 0.0738. The Bertz CT molecular complexity index is 1040. The Morgan fingerprint density at radius 1 is 1.13 bits per heavy atom. The second-order valence-corrected chi connectivity index (χ2v) is 9.34. The number of allylic oxidation sites excluding steroid dienone is 4. The minimum atomic E-state index is -0.839. The molecule has 164 valence electrons. The molecule has 0 unspecified atom stereocenters. The van der Waals surface area contributed by atoms with Gasteiger partial charge in [0.05, 0.1) is 17.1 Å². The number of carbonyl (C=O) groups excluding carboxylic acids is 3. The van der Waals surface area contributed by atoms with Gasteiger partial charge in [0.1, 0.15) is 11.5 Å². The van der Waals surface area contributed by atoms with E-state index in [4.69, 9.17) is 0 Å². The SMILES string of the molecule is CCCCCc1ccc(O)c2c1C[C@H]1C[C@H]3CC(C)=C(C(C)=O)C(=O)[C@H]3C(O)=C1C2=O. The molecule has 1 aromatic carbocycles. The van der Waals surface area contributed by atoms with Gasteiger partial charge in [0.25, 0.3) is 0 Å². The van der Waals surface area contributed by atoms with Crippen LogP contribution in [0.5, 0.6) is 5.75 Å². The van der Waals surface area contributed by atoms with Crippen molar-refractivity contribution in [3.63, 3.8) is 0 Å². The number of phenols is 1. The van der Waals surface area contributed by atoms with E-state index in [9.17, 15) is 24.6 Å². The van der Waals surface area contributed by atoms with Gasteiger partial charge in [-0.05, 0) is 75.0 Å². The Morgan fingerprint density at radius 3 is 2.55 bits per heavy atom. The molecule has 0 saturated carbocycles. The van der Waals surface area contributed by atoms with E-state index < -0.39 is 5.92 Å². The van der Waals surface area contributed by atoms with Crippen molar-refractivity contribution in [2.24, 2.45) is 17.8 Å². The van der Waals surface area contributed by atoms with Gasteiger partial charge in [-0.3, -0.25) is 14.4 Å². The molecule has 3 aliphatic carbocycles. The number of aliphatic hydroxyl groups excluding tert-OH is 1. The average molecular weight is 423 g/mol. The topological polar surface area (TPSA) is 91.7 Å². The van der Waals surface area contributed by atoms with Gasteiger partial charge in [0, 0.05) is 5.57 Å². The lowest BCUT2D eigenvalue weighted by Crippen LogP contribution is -2.42. The molecule has 0 amide bonds. The normalized spacial score (nSPS) is 25.3. The molecule has 0 heterocycles. The quantitative estimate of drug-likeness (QED) is 0.525. The number of unbranched alkanes of at least 4 members (excludes halogenated alkanes) is 2. The van der Waals surface area contributed by atoms with Crippen molar-refractivity contribution in [1.29, 1.82) is 0 Å². The van der Waals surface area contributed by atoms with Gasteiger partial charge >= 0.3 is 0 Å². The van der Waals surface area contributed by atoms with Crippen molar-refractivity contribution in [3.05, 3.63) is 51.3 Å². The average Bonchev–Trinajstić information content (AvgIpc) is 2.68. The summed E-state index contributed by atoms with van der Waals surface area (Å²) in [6, 6.07) is 3.47. The molecule has 3 aliphatic rings. The molecule has 31 heavy (non-hydrogen) atoms. The number of aliphatic hydroxyl groups is 1. The highest BCUT2D eigenvalue weighted by Crippen LogP contribution is 2.50. The van der Waals surface area contributed by atoms with Crippen molar-refractivity contribution in [2.45, 2.75) is 65.7 Å². The lowest BCUT2D eigenvalue weighted by molar-refractivity contribution is -0.125. The molecular weight excluding hydrogens is 392 g/mol. The Labute approximate surface area is 182 Å². The lowest BCUT2D eigenvalue weighted by Gasteiger charge is -2.41. The van der Waals surface area contributed by atoms with Gasteiger partial charge in [-0.2, -0.15) is 0 Å². The van der Waals surface area contributed by atoms with Crippen LogP contribution in [-0.4, -0.2) is 27.6 Å². The number of hydrogen-bond donors (Lipinski definition) is 2. The maximum absolute atomic E-state index is 13.5. The molecule has 0 radical (unpaired) electrons. The first kappa shape index (κ1) is 21.5. The number of Topliss-reactive ketones (excluding diaryl/α,β-unsaturated/α-hetero) is 3. The molecule has 0 spiro atoms. The number of aryl methyl sites for hydroxylation is 1. The zero-order valence-electron chi connectivity index (χ0n) is 18.5. The number of hydrogen-bond acceptors (Lipinski definition) is 5. The largest absolute Gasteiger partial charge is 0.511 e. The van der Waals surface area contributed by atoms with E-state index in [0.29, 0.717) is 19.3 Å². The van der Waals surface area contributed by atoms with Gasteiger partial charge in [-0.1, -0.05) is 31.4 Å². The lowest BCUT2D eigenvalue weighted by atomic mass is 9.61. The van der Waals surface area contributed by atoms with Gasteiger partial charge in [0.2, 0.25) is 0 Å². The number of fused-ring (bicyclic) bond motifs is 3. The van der Waals surface area contributed by atoms with Gasteiger partial charge in [-0.25, -0.2) is 0 Å². The summed E-state index contributed by atoms with van der Waals surface area (Å²) in [7, 11) is 0. The summed E-state index contributed by atoms with van der Waals surface area (Å²) in [5.74, 6) is -2.43. The van der Waals surface area contributed by atoms with E-state index in [1.807, 2.05) is 13.0 Å². The fraction of sp³-hybridized carbons (Fsp3) is 0.500.